The zero-order valence-corrected chi connectivity index (χ0v) is 13.0. The second-order valence-electron chi connectivity index (χ2n) is 7.03. The van der Waals surface area contributed by atoms with Crippen molar-refractivity contribution in [1.82, 2.24) is 15.1 Å². The van der Waals surface area contributed by atoms with Gasteiger partial charge in [0, 0.05) is 51.6 Å². The van der Waals surface area contributed by atoms with E-state index >= 15 is 0 Å². The maximum Gasteiger partial charge on any atom is 0.223 e. The maximum absolute atomic E-state index is 12.3. The smallest absolute Gasteiger partial charge is 0.223 e. The van der Waals surface area contributed by atoms with E-state index in [1.54, 1.807) is 4.90 Å². The molecule has 1 saturated carbocycles. The van der Waals surface area contributed by atoms with Gasteiger partial charge in [-0.1, -0.05) is 0 Å². The molecule has 2 saturated heterocycles. The number of rotatable bonds is 4. The minimum Gasteiger partial charge on any atom is -0.353 e. The summed E-state index contributed by atoms with van der Waals surface area (Å²) in [6.07, 6.45) is 6.09. The van der Waals surface area contributed by atoms with Crippen LogP contribution in [0.25, 0.3) is 0 Å². The summed E-state index contributed by atoms with van der Waals surface area (Å²) in [4.78, 5) is 28.2. The predicted octanol–water partition coefficient (Wildman–Crippen LogP) is 0.845. The molecule has 5 heteroatoms. The maximum atomic E-state index is 12.3. The SMILES string of the molecule is CN1CC[C@@H](C(=O)NC2CCN(CC3CC3)CC2)CC1=O. The van der Waals surface area contributed by atoms with Crippen LogP contribution in [0.5, 0.6) is 0 Å². The minimum atomic E-state index is -0.113. The summed E-state index contributed by atoms with van der Waals surface area (Å²) in [5, 5.41) is 3.18. The van der Waals surface area contributed by atoms with Gasteiger partial charge in [0.1, 0.15) is 0 Å². The van der Waals surface area contributed by atoms with Crippen LogP contribution < -0.4 is 5.32 Å². The summed E-state index contributed by atoms with van der Waals surface area (Å²) < 4.78 is 0. The van der Waals surface area contributed by atoms with Gasteiger partial charge in [0.15, 0.2) is 0 Å². The first-order valence-corrected chi connectivity index (χ1v) is 8.38. The number of hydrogen-bond donors (Lipinski definition) is 1. The second-order valence-corrected chi connectivity index (χ2v) is 7.03. The van der Waals surface area contributed by atoms with Crippen LogP contribution in [0, 0.1) is 11.8 Å². The number of amides is 2. The monoisotopic (exact) mass is 293 g/mol. The van der Waals surface area contributed by atoms with Gasteiger partial charge in [-0.15, -0.1) is 0 Å². The molecule has 118 valence electrons. The molecule has 2 amide bonds. The Hall–Kier alpha value is -1.10. The highest BCUT2D eigenvalue weighted by atomic mass is 16.2. The van der Waals surface area contributed by atoms with E-state index in [1.165, 1.54) is 19.4 Å². The summed E-state index contributed by atoms with van der Waals surface area (Å²) in [5.74, 6) is 1.03. The van der Waals surface area contributed by atoms with Crippen LogP contribution in [0.1, 0.15) is 38.5 Å². The number of hydrogen-bond acceptors (Lipinski definition) is 3. The fraction of sp³-hybridized carbons (Fsp3) is 0.875. The van der Waals surface area contributed by atoms with Gasteiger partial charge in [-0.3, -0.25) is 9.59 Å². The number of piperidine rings is 2. The molecule has 0 unspecified atom stereocenters. The standard InChI is InChI=1S/C16H27N3O2/c1-18-7-4-13(10-15(18)20)16(21)17-14-5-8-19(9-6-14)11-12-2-3-12/h12-14H,2-11H2,1H3,(H,17,21)/t13-/m1/s1. The van der Waals surface area contributed by atoms with Gasteiger partial charge in [-0.2, -0.15) is 0 Å². The van der Waals surface area contributed by atoms with Crippen molar-refractivity contribution in [3.8, 4) is 0 Å². The van der Waals surface area contributed by atoms with E-state index in [2.05, 4.69) is 10.2 Å². The van der Waals surface area contributed by atoms with Crippen LogP contribution in [-0.4, -0.2) is 60.9 Å². The Morgan fingerprint density at radius 2 is 1.86 bits per heavy atom. The predicted molar refractivity (Wildman–Crippen MR) is 80.7 cm³/mol. The first kappa shape index (κ1) is 14.8. The van der Waals surface area contributed by atoms with Crippen LogP contribution in [0.15, 0.2) is 0 Å². The molecule has 3 aliphatic rings. The van der Waals surface area contributed by atoms with Crippen molar-refractivity contribution in [3.05, 3.63) is 0 Å². The van der Waals surface area contributed by atoms with E-state index in [9.17, 15) is 9.59 Å². The lowest BCUT2D eigenvalue weighted by atomic mass is 9.94. The van der Waals surface area contributed by atoms with Crippen LogP contribution in [-0.2, 0) is 9.59 Å². The van der Waals surface area contributed by atoms with E-state index in [0.717, 1.165) is 38.3 Å². The lowest BCUT2D eigenvalue weighted by Crippen LogP contribution is -2.48. The molecule has 2 heterocycles. The third-order valence-electron chi connectivity index (χ3n) is 5.18. The Labute approximate surface area is 127 Å². The fourth-order valence-electron chi connectivity index (χ4n) is 3.41. The van der Waals surface area contributed by atoms with Crippen molar-refractivity contribution in [2.75, 3.05) is 33.2 Å². The zero-order chi connectivity index (χ0) is 14.8. The van der Waals surface area contributed by atoms with Crippen LogP contribution >= 0.6 is 0 Å². The number of likely N-dealkylation sites (tertiary alicyclic amines) is 2. The number of nitrogens with one attached hydrogen (secondary N) is 1. The van der Waals surface area contributed by atoms with E-state index in [0.29, 0.717) is 19.0 Å². The lowest BCUT2D eigenvalue weighted by Gasteiger charge is -2.34. The Balaban J connectivity index is 1.40. The van der Waals surface area contributed by atoms with Gasteiger partial charge < -0.3 is 15.1 Å². The van der Waals surface area contributed by atoms with Crippen molar-refractivity contribution < 1.29 is 9.59 Å². The Bertz CT molecular complexity index is 400. The van der Waals surface area contributed by atoms with Gasteiger partial charge in [-0.05, 0) is 38.0 Å². The molecule has 0 radical (unpaired) electrons. The molecule has 2 aliphatic heterocycles. The quantitative estimate of drug-likeness (QED) is 0.836. The average Bonchev–Trinajstić information content (AvgIpc) is 3.28. The Morgan fingerprint density at radius 1 is 1.14 bits per heavy atom. The molecule has 1 N–H and O–H groups in total. The molecule has 0 aromatic carbocycles. The molecule has 1 atom stereocenters. The molecule has 3 rings (SSSR count). The molecule has 3 fully saturated rings. The largest absolute Gasteiger partial charge is 0.353 e. The van der Waals surface area contributed by atoms with E-state index < -0.39 is 0 Å². The molecular formula is C16H27N3O2. The lowest BCUT2D eigenvalue weighted by molar-refractivity contribution is -0.139. The van der Waals surface area contributed by atoms with Gasteiger partial charge >= 0.3 is 0 Å². The summed E-state index contributed by atoms with van der Waals surface area (Å²) in [6.45, 7) is 4.17. The molecule has 0 bridgehead atoms. The van der Waals surface area contributed by atoms with Crippen molar-refractivity contribution in [1.29, 1.82) is 0 Å². The van der Waals surface area contributed by atoms with Crippen LogP contribution in [0.2, 0.25) is 0 Å². The first-order chi connectivity index (χ1) is 10.1. The molecule has 0 aromatic heterocycles. The number of nitrogens with zero attached hydrogens (tertiary/aromatic N) is 2. The summed E-state index contributed by atoms with van der Waals surface area (Å²) in [5.41, 5.74) is 0. The fourth-order valence-corrected chi connectivity index (χ4v) is 3.41. The molecule has 5 nitrogen and oxygen atoms in total. The molecular weight excluding hydrogens is 266 g/mol. The topological polar surface area (TPSA) is 52.7 Å². The first-order valence-electron chi connectivity index (χ1n) is 8.38. The van der Waals surface area contributed by atoms with Crippen molar-refractivity contribution in [3.63, 3.8) is 0 Å². The van der Waals surface area contributed by atoms with Gasteiger partial charge in [0.25, 0.3) is 0 Å². The van der Waals surface area contributed by atoms with E-state index in [4.69, 9.17) is 0 Å². The minimum absolute atomic E-state index is 0.0945. The van der Waals surface area contributed by atoms with Gasteiger partial charge in [-0.25, -0.2) is 0 Å². The highest BCUT2D eigenvalue weighted by Gasteiger charge is 2.31. The highest BCUT2D eigenvalue weighted by Crippen LogP contribution is 2.30. The molecule has 0 spiro atoms. The van der Waals surface area contributed by atoms with Crippen molar-refractivity contribution in [2.24, 2.45) is 11.8 Å². The second kappa shape index (κ2) is 6.34. The van der Waals surface area contributed by atoms with E-state index in [-0.39, 0.29) is 17.7 Å². The highest BCUT2D eigenvalue weighted by molar-refractivity contribution is 5.86. The zero-order valence-electron chi connectivity index (χ0n) is 13.0. The number of carbonyl (C=O) groups excluding carboxylic acids is 2. The normalized spacial score (nSPS) is 28.7. The van der Waals surface area contributed by atoms with Crippen LogP contribution in [0.3, 0.4) is 0 Å². The van der Waals surface area contributed by atoms with Crippen molar-refractivity contribution >= 4 is 11.8 Å². The molecule has 1 aliphatic carbocycles. The van der Waals surface area contributed by atoms with Crippen LogP contribution in [0.4, 0.5) is 0 Å². The third kappa shape index (κ3) is 3.96. The third-order valence-corrected chi connectivity index (χ3v) is 5.18. The average molecular weight is 293 g/mol. The Kier molecular flexibility index (Phi) is 4.48. The summed E-state index contributed by atoms with van der Waals surface area (Å²) >= 11 is 0. The number of carbonyl (C=O) groups is 2. The van der Waals surface area contributed by atoms with Gasteiger partial charge in [0.2, 0.25) is 11.8 Å². The van der Waals surface area contributed by atoms with Gasteiger partial charge in [0.05, 0.1) is 0 Å². The van der Waals surface area contributed by atoms with E-state index in [1.807, 2.05) is 7.05 Å². The molecule has 0 aromatic rings. The molecule has 21 heavy (non-hydrogen) atoms. The summed E-state index contributed by atoms with van der Waals surface area (Å²) in [6, 6.07) is 0.308. The summed E-state index contributed by atoms with van der Waals surface area (Å²) in [7, 11) is 1.81. The van der Waals surface area contributed by atoms with Crippen molar-refractivity contribution in [2.45, 2.75) is 44.6 Å². The Morgan fingerprint density at radius 3 is 2.48 bits per heavy atom.